The summed E-state index contributed by atoms with van der Waals surface area (Å²) in [6.07, 6.45) is 4.90. The second-order valence-corrected chi connectivity index (χ2v) is 3.73. The first-order chi connectivity index (χ1) is 8.83. The van der Waals surface area contributed by atoms with Gasteiger partial charge in [0.05, 0.1) is 6.33 Å². The monoisotopic (exact) mass is 242 g/mol. The Kier molecular flexibility index (Phi) is 2.49. The molecule has 90 valence electrons. The fraction of sp³-hybridized carbons (Fsp3) is 0.0909. The van der Waals surface area contributed by atoms with Crippen LogP contribution in [0.4, 0.5) is 5.95 Å². The van der Waals surface area contributed by atoms with Crippen LogP contribution < -0.4 is 10.9 Å². The largest absolute Gasteiger partial charge is 0.352 e. The van der Waals surface area contributed by atoms with Gasteiger partial charge in [-0.1, -0.05) is 6.07 Å². The molecule has 3 heterocycles. The fourth-order valence-electron chi connectivity index (χ4n) is 1.62. The molecule has 0 unspecified atom stereocenters. The van der Waals surface area contributed by atoms with E-state index in [1.807, 2.05) is 12.1 Å². The number of pyridine rings is 1. The van der Waals surface area contributed by atoms with Gasteiger partial charge < -0.3 is 10.3 Å². The molecule has 7 nitrogen and oxygen atoms in total. The minimum atomic E-state index is -0.244. The van der Waals surface area contributed by atoms with E-state index in [4.69, 9.17) is 0 Å². The number of hydrogen-bond acceptors (Lipinski definition) is 5. The molecular weight excluding hydrogens is 232 g/mol. The number of hydrogen-bond donors (Lipinski definition) is 3. The zero-order valence-corrected chi connectivity index (χ0v) is 9.34. The lowest BCUT2D eigenvalue weighted by Crippen LogP contribution is -2.13. The third kappa shape index (κ3) is 1.93. The van der Waals surface area contributed by atoms with Gasteiger partial charge in [-0.15, -0.1) is 0 Å². The van der Waals surface area contributed by atoms with Crippen LogP contribution in [0, 0.1) is 0 Å². The van der Waals surface area contributed by atoms with Gasteiger partial charge in [-0.05, 0) is 11.6 Å². The van der Waals surface area contributed by atoms with E-state index >= 15 is 0 Å². The Morgan fingerprint density at radius 3 is 3.17 bits per heavy atom. The van der Waals surface area contributed by atoms with E-state index in [0.717, 1.165) is 5.56 Å². The highest BCUT2D eigenvalue weighted by Gasteiger charge is 2.05. The zero-order valence-electron chi connectivity index (χ0n) is 9.34. The van der Waals surface area contributed by atoms with Crippen molar-refractivity contribution < 1.29 is 0 Å². The number of aromatic nitrogens is 5. The molecule has 0 amide bonds. The van der Waals surface area contributed by atoms with Crippen LogP contribution in [0.2, 0.25) is 0 Å². The molecule has 0 aliphatic carbocycles. The van der Waals surface area contributed by atoms with E-state index < -0.39 is 0 Å². The Morgan fingerprint density at radius 1 is 1.39 bits per heavy atom. The molecular formula is C11H10N6O. The van der Waals surface area contributed by atoms with E-state index in [1.165, 1.54) is 6.33 Å². The Labute approximate surface area is 101 Å². The summed E-state index contributed by atoms with van der Waals surface area (Å²) in [5.41, 5.74) is 1.53. The lowest BCUT2D eigenvalue weighted by Gasteiger charge is -2.04. The number of anilines is 1. The molecule has 0 saturated carbocycles. The molecule has 0 aliphatic heterocycles. The maximum atomic E-state index is 11.7. The van der Waals surface area contributed by atoms with Gasteiger partial charge in [-0.3, -0.25) is 14.8 Å². The summed E-state index contributed by atoms with van der Waals surface area (Å²) in [5, 5.41) is 3.02. The number of nitrogens with zero attached hydrogens (tertiary/aromatic N) is 3. The molecule has 0 bridgehead atoms. The highest BCUT2D eigenvalue weighted by atomic mass is 16.1. The summed E-state index contributed by atoms with van der Waals surface area (Å²) in [5.74, 6) is 0.392. The SMILES string of the molecule is O=c1[nH]c(NCc2cccnc2)nc2nc[nH]c12. The van der Waals surface area contributed by atoms with Crippen LogP contribution in [-0.2, 0) is 6.54 Å². The highest BCUT2D eigenvalue weighted by Crippen LogP contribution is 2.04. The van der Waals surface area contributed by atoms with E-state index in [1.54, 1.807) is 12.4 Å². The normalized spacial score (nSPS) is 10.7. The number of imidazole rings is 1. The second-order valence-electron chi connectivity index (χ2n) is 3.73. The van der Waals surface area contributed by atoms with E-state index in [9.17, 15) is 4.79 Å². The number of H-pyrrole nitrogens is 2. The molecule has 0 fully saturated rings. The predicted molar refractivity (Wildman–Crippen MR) is 66.1 cm³/mol. The number of rotatable bonds is 3. The van der Waals surface area contributed by atoms with Crippen molar-refractivity contribution in [1.29, 1.82) is 0 Å². The minimum Gasteiger partial charge on any atom is -0.352 e. The molecule has 0 saturated heterocycles. The minimum absolute atomic E-state index is 0.244. The van der Waals surface area contributed by atoms with Crippen molar-refractivity contribution in [3.8, 4) is 0 Å². The van der Waals surface area contributed by atoms with Crippen molar-refractivity contribution in [3.63, 3.8) is 0 Å². The summed E-state index contributed by atoms with van der Waals surface area (Å²) in [6.45, 7) is 0.534. The summed E-state index contributed by atoms with van der Waals surface area (Å²) in [4.78, 5) is 29.2. The van der Waals surface area contributed by atoms with Gasteiger partial charge in [0.2, 0.25) is 5.95 Å². The number of nitrogens with one attached hydrogen (secondary N) is 3. The molecule has 3 aromatic heterocycles. The molecule has 3 aromatic rings. The average Bonchev–Trinajstić information content (AvgIpc) is 2.86. The number of aromatic amines is 2. The maximum absolute atomic E-state index is 11.7. The van der Waals surface area contributed by atoms with Crippen LogP contribution >= 0.6 is 0 Å². The van der Waals surface area contributed by atoms with E-state index in [2.05, 4.69) is 30.2 Å². The molecule has 18 heavy (non-hydrogen) atoms. The van der Waals surface area contributed by atoms with Gasteiger partial charge in [0.25, 0.3) is 5.56 Å². The first-order valence-electron chi connectivity index (χ1n) is 5.39. The topological polar surface area (TPSA) is 99.3 Å². The van der Waals surface area contributed by atoms with Crippen LogP contribution in [0.3, 0.4) is 0 Å². The molecule has 0 atom stereocenters. The van der Waals surface area contributed by atoms with Gasteiger partial charge in [-0.2, -0.15) is 4.98 Å². The average molecular weight is 242 g/mol. The van der Waals surface area contributed by atoms with E-state index in [-0.39, 0.29) is 5.56 Å². The van der Waals surface area contributed by atoms with Crippen LogP contribution in [0.1, 0.15) is 5.56 Å². The van der Waals surface area contributed by atoms with Gasteiger partial charge in [0, 0.05) is 18.9 Å². The van der Waals surface area contributed by atoms with Crippen molar-refractivity contribution in [2.75, 3.05) is 5.32 Å². The van der Waals surface area contributed by atoms with Crippen molar-refractivity contribution >= 4 is 17.1 Å². The first kappa shape index (κ1) is 10.5. The summed E-state index contributed by atoms with van der Waals surface area (Å²) >= 11 is 0. The number of fused-ring (bicyclic) bond motifs is 1. The Morgan fingerprint density at radius 2 is 2.33 bits per heavy atom. The Balaban J connectivity index is 1.85. The van der Waals surface area contributed by atoms with Gasteiger partial charge in [0.1, 0.15) is 0 Å². The smallest absolute Gasteiger partial charge is 0.278 e. The third-order valence-corrected chi connectivity index (χ3v) is 2.48. The molecule has 3 N–H and O–H groups in total. The van der Waals surface area contributed by atoms with Crippen molar-refractivity contribution in [1.82, 2.24) is 24.9 Å². The molecule has 0 aromatic carbocycles. The Bertz CT molecular complexity index is 717. The zero-order chi connectivity index (χ0) is 12.4. The van der Waals surface area contributed by atoms with Crippen LogP contribution in [0.5, 0.6) is 0 Å². The molecule has 0 aliphatic rings. The summed E-state index contributed by atoms with van der Waals surface area (Å²) < 4.78 is 0. The quantitative estimate of drug-likeness (QED) is 0.626. The van der Waals surface area contributed by atoms with Crippen LogP contribution in [0.25, 0.3) is 11.2 Å². The fourth-order valence-corrected chi connectivity index (χ4v) is 1.62. The molecule has 0 spiro atoms. The third-order valence-electron chi connectivity index (χ3n) is 2.48. The lowest BCUT2D eigenvalue weighted by atomic mass is 10.3. The van der Waals surface area contributed by atoms with Gasteiger partial charge in [-0.25, -0.2) is 4.98 Å². The highest BCUT2D eigenvalue weighted by molar-refractivity contribution is 5.69. The van der Waals surface area contributed by atoms with Crippen LogP contribution in [0.15, 0.2) is 35.6 Å². The second kappa shape index (κ2) is 4.28. The van der Waals surface area contributed by atoms with Crippen LogP contribution in [-0.4, -0.2) is 24.9 Å². The van der Waals surface area contributed by atoms with Gasteiger partial charge in [0.15, 0.2) is 11.2 Å². The molecule has 0 radical (unpaired) electrons. The van der Waals surface area contributed by atoms with Crippen molar-refractivity contribution in [2.24, 2.45) is 0 Å². The maximum Gasteiger partial charge on any atom is 0.278 e. The van der Waals surface area contributed by atoms with E-state index in [0.29, 0.717) is 23.7 Å². The predicted octanol–water partition coefficient (Wildman–Crippen LogP) is 0.653. The molecule has 7 heteroatoms. The van der Waals surface area contributed by atoms with Gasteiger partial charge >= 0.3 is 0 Å². The first-order valence-corrected chi connectivity index (χ1v) is 5.39. The standard InChI is InChI=1S/C11H10N6O/c18-10-8-9(15-6-14-8)16-11(17-10)13-5-7-2-1-3-12-4-7/h1-4,6H,5H2,(H3,13,14,15,16,17,18). The molecule has 3 rings (SSSR count). The van der Waals surface area contributed by atoms with Crippen molar-refractivity contribution in [3.05, 3.63) is 46.8 Å². The van der Waals surface area contributed by atoms with Crippen molar-refractivity contribution in [2.45, 2.75) is 6.54 Å². The summed E-state index contributed by atoms with van der Waals surface area (Å²) in [6, 6.07) is 3.79. The lowest BCUT2D eigenvalue weighted by molar-refractivity contribution is 1.04. The Hall–Kier alpha value is -2.70. The summed E-state index contributed by atoms with van der Waals surface area (Å²) in [7, 11) is 0.